The second kappa shape index (κ2) is 17.8. The molecule has 0 aromatic heterocycles. The predicted octanol–water partition coefficient (Wildman–Crippen LogP) is 1.90. The summed E-state index contributed by atoms with van der Waals surface area (Å²) in [4.78, 5) is 18.0. The summed E-state index contributed by atoms with van der Waals surface area (Å²) in [5.41, 5.74) is -4.37. The van der Waals surface area contributed by atoms with Crippen LogP contribution in [-0.2, 0) is 33.2 Å². The van der Waals surface area contributed by atoms with Crippen molar-refractivity contribution in [3.8, 4) is 0 Å². The number of ether oxygens (including phenoxy) is 6. The van der Waals surface area contributed by atoms with Gasteiger partial charge in [0, 0.05) is 38.1 Å². The molecule has 306 valence electrons. The number of esters is 1. The minimum atomic E-state index is -1.80. The number of aliphatic hydroxyl groups excluding tert-OH is 3. The molecule has 3 aliphatic heterocycles. The van der Waals surface area contributed by atoms with Crippen molar-refractivity contribution in [3.05, 3.63) is 0 Å². The van der Waals surface area contributed by atoms with Crippen LogP contribution in [-0.4, -0.2) is 166 Å². The van der Waals surface area contributed by atoms with E-state index in [0.717, 1.165) is 0 Å². The van der Waals surface area contributed by atoms with E-state index in [1.54, 1.807) is 41.5 Å². The number of rotatable bonds is 7. The second-order valence-corrected chi connectivity index (χ2v) is 17.2. The molecular weight excluding hydrogens is 676 g/mol. The van der Waals surface area contributed by atoms with Gasteiger partial charge in [0.15, 0.2) is 12.6 Å². The van der Waals surface area contributed by atoms with E-state index < -0.39 is 96.0 Å². The lowest BCUT2D eigenvalue weighted by molar-refractivity contribution is -0.318. The molecule has 3 fully saturated rings. The molecule has 3 heterocycles. The normalized spacial score (nSPS) is 49.6. The average Bonchev–Trinajstić information content (AvgIpc) is 3.05. The number of carbonyl (C=O) groups excluding carboxylic acids is 1. The first-order chi connectivity index (χ1) is 23.9. The molecule has 3 unspecified atom stereocenters. The van der Waals surface area contributed by atoms with Gasteiger partial charge in [0.05, 0.1) is 41.5 Å². The molecule has 5 N–H and O–H groups in total. The first-order valence-electron chi connectivity index (χ1n) is 19.1. The van der Waals surface area contributed by atoms with Crippen molar-refractivity contribution in [2.45, 2.75) is 185 Å². The highest BCUT2D eigenvalue weighted by molar-refractivity contribution is 5.73. The van der Waals surface area contributed by atoms with Gasteiger partial charge in [-0.1, -0.05) is 20.8 Å². The van der Waals surface area contributed by atoms with Crippen molar-refractivity contribution in [3.63, 3.8) is 0 Å². The lowest BCUT2D eigenvalue weighted by Gasteiger charge is -2.48. The third kappa shape index (κ3) is 10.0. The van der Waals surface area contributed by atoms with Gasteiger partial charge in [0.1, 0.15) is 30.0 Å². The monoisotopic (exact) mass is 749 g/mol. The summed E-state index contributed by atoms with van der Waals surface area (Å²) in [6.45, 7) is 18.0. The van der Waals surface area contributed by atoms with Crippen LogP contribution in [0.15, 0.2) is 0 Å². The Kier molecular flexibility index (Phi) is 15.6. The molecule has 3 rings (SSSR count). The van der Waals surface area contributed by atoms with Gasteiger partial charge in [0.2, 0.25) is 0 Å². The number of likely N-dealkylation sites (N-methyl/N-ethyl adjacent to an activating group) is 2. The summed E-state index contributed by atoms with van der Waals surface area (Å²) in [5.74, 6) is -2.58. The largest absolute Gasteiger partial charge is 0.459 e. The second-order valence-electron chi connectivity index (χ2n) is 17.2. The van der Waals surface area contributed by atoms with Gasteiger partial charge < -0.3 is 63.8 Å². The fraction of sp³-hybridized carbons (Fsp3) is 0.974. The smallest absolute Gasteiger partial charge is 0.311 e. The van der Waals surface area contributed by atoms with E-state index in [4.69, 9.17) is 28.4 Å². The van der Waals surface area contributed by atoms with Crippen LogP contribution >= 0.6 is 0 Å². The van der Waals surface area contributed by atoms with Crippen LogP contribution < -0.4 is 0 Å². The number of carbonyl (C=O) groups is 1. The number of aliphatic hydroxyl groups is 5. The molecule has 14 nitrogen and oxygen atoms in total. The highest BCUT2D eigenvalue weighted by Crippen LogP contribution is 2.40. The molecule has 0 aliphatic carbocycles. The van der Waals surface area contributed by atoms with Crippen LogP contribution in [0.2, 0.25) is 0 Å². The summed E-state index contributed by atoms with van der Waals surface area (Å²) in [7, 11) is 7.12. The van der Waals surface area contributed by atoms with Crippen molar-refractivity contribution in [1.82, 2.24) is 9.80 Å². The molecule has 0 saturated carbocycles. The van der Waals surface area contributed by atoms with Crippen LogP contribution in [0.5, 0.6) is 0 Å². The van der Waals surface area contributed by atoms with E-state index in [9.17, 15) is 30.3 Å². The van der Waals surface area contributed by atoms with Crippen molar-refractivity contribution in [2.24, 2.45) is 17.8 Å². The fourth-order valence-corrected chi connectivity index (χ4v) is 8.74. The molecule has 14 heteroatoms. The number of methoxy groups -OCH3 is 1. The van der Waals surface area contributed by atoms with Gasteiger partial charge >= 0.3 is 5.97 Å². The quantitative estimate of drug-likeness (QED) is 0.238. The molecule has 0 amide bonds. The van der Waals surface area contributed by atoms with Crippen LogP contribution in [0.25, 0.3) is 0 Å². The minimum absolute atomic E-state index is 0.133. The Morgan fingerprint density at radius 1 is 0.942 bits per heavy atom. The summed E-state index contributed by atoms with van der Waals surface area (Å²) in [6, 6.07) is -0.808. The zero-order valence-corrected chi connectivity index (χ0v) is 34.2. The first-order valence-corrected chi connectivity index (χ1v) is 19.1. The van der Waals surface area contributed by atoms with Gasteiger partial charge in [-0.15, -0.1) is 0 Å². The van der Waals surface area contributed by atoms with Gasteiger partial charge in [0.25, 0.3) is 0 Å². The molecule has 0 spiro atoms. The fourth-order valence-electron chi connectivity index (χ4n) is 8.74. The average molecular weight is 749 g/mol. The van der Waals surface area contributed by atoms with Gasteiger partial charge in [-0.3, -0.25) is 4.79 Å². The molecule has 0 bridgehead atoms. The van der Waals surface area contributed by atoms with Crippen molar-refractivity contribution < 1.29 is 58.7 Å². The molecule has 3 saturated heterocycles. The molecule has 0 aromatic rings. The Morgan fingerprint density at radius 3 is 2.12 bits per heavy atom. The summed E-state index contributed by atoms with van der Waals surface area (Å²) >= 11 is 0. The van der Waals surface area contributed by atoms with Crippen molar-refractivity contribution in [1.29, 1.82) is 0 Å². The number of cyclic esters (lactones) is 1. The van der Waals surface area contributed by atoms with Crippen LogP contribution in [0.3, 0.4) is 0 Å². The summed E-state index contributed by atoms with van der Waals surface area (Å²) in [6.07, 6.45) is -8.19. The molecule has 3 aliphatic rings. The topological polar surface area (TPSA) is 180 Å². The predicted molar refractivity (Wildman–Crippen MR) is 194 cm³/mol. The van der Waals surface area contributed by atoms with Crippen LogP contribution in [0.1, 0.15) is 94.9 Å². The number of hydrogen-bond acceptors (Lipinski definition) is 14. The Hall–Kier alpha value is -1.01. The highest BCUT2D eigenvalue weighted by Gasteiger charge is 2.52. The number of nitrogens with zero attached hydrogens (tertiary/aromatic N) is 2. The van der Waals surface area contributed by atoms with Crippen LogP contribution in [0, 0.1) is 17.8 Å². The van der Waals surface area contributed by atoms with Gasteiger partial charge in [-0.05, 0) is 94.8 Å². The van der Waals surface area contributed by atoms with E-state index in [1.165, 1.54) is 14.0 Å². The van der Waals surface area contributed by atoms with E-state index in [1.807, 2.05) is 51.7 Å². The molecule has 52 heavy (non-hydrogen) atoms. The van der Waals surface area contributed by atoms with E-state index in [2.05, 4.69) is 0 Å². The molecule has 18 atom stereocenters. The minimum Gasteiger partial charge on any atom is -0.459 e. The third-order valence-corrected chi connectivity index (χ3v) is 12.2. The van der Waals surface area contributed by atoms with Crippen molar-refractivity contribution in [2.75, 3.05) is 34.8 Å². The van der Waals surface area contributed by atoms with Crippen molar-refractivity contribution >= 4 is 5.97 Å². The van der Waals surface area contributed by atoms with Gasteiger partial charge in [-0.25, -0.2) is 0 Å². The standard InChI is InChI=1S/C38H72N2O12/c1-15-27-38(10,46)31(42)24(6)40(13)19-20(2)17-36(8,45)33(52-35-29(41)26(39(11)12)16-21(3)48-35)22(4)30(23(5)34(44)50-27)51-28-18-37(9,47-14)32(43)25(7)49-28/h20-33,35,41-43,45-46H,15-19H2,1-14H3/t20-,21-,22+,23-,24-,25-,26?,27-,28+,29?,30+,31-,32+,33-,35+,36-,37?,38-/m1/s1. The molecule has 0 aromatic carbocycles. The lowest BCUT2D eigenvalue weighted by Crippen LogP contribution is -2.60. The maximum Gasteiger partial charge on any atom is 0.311 e. The highest BCUT2D eigenvalue weighted by atomic mass is 16.7. The maximum atomic E-state index is 14.2. The van der Waals surface area contributed by atoms with E-state index >= 15 is 0 Å². The van der Waals surface area contributed by atoms with Crippen LogP contribution in [0.4, 0.5) is 0 Å². The zero-order chi connectivity index (χ0) is 39.7. The Bertz CT molecular complexity index is 1140. The number of hydrogen-bond donors (Lipinski definition) is 5. The first kappa shape index (κ1) is 45.4. The Labute approximate surface area is 312 Å². The zero-order valence-electron chi connectivity index (χ0n) is 34.2. The molecule has 0 radical (unpaired) electrons. The Balaban J connectivity index is 2.17. The Morgan fingerprint density at radius 2 is 1.56 bits per heavy atom. The third-order valence-electron chi connectivity index (χ3n) is 12.2. The molecular formula is C38H72N2O12. The summed E-state index contributed by atoms with van der Waals surface area (Å²) in [5, 5.41) is 58.1. The maximum absolute atomic E-state index is 14.2. The lowest BCUT2D eigenvalue weighted by atomic mass is 9.77. The van der Waals surface area contributed by atoms with E-state index in [0.29, 0.717) is 13.0 Å². The van der Waals surface area contributed by atoms with Gasteiger partial charge in [-0.2, -0.15) is 0 Å². The van der Waals surface area contributed by atoms with E-state index in [-0.39, 0.29) is 37.3 Å². The summed E-state index contributed by atoms with van der Waals surface area (Å²) < 4.78 is 37.5. The SMILES string of the molecule is CC[C@H]1OC(=O)[C@H](C)[C@@H](O[C@H]2CC(C)(OC)[C@@H](O)[C@@H](C)O2)[C@H](C)[C@@H](O[C@@H]2O[C@H](C)CC(N(C)C)C2O)[C@](C)(O)C[C@@H](C)CN(C)[C@H](C)[C@@H](O)[C@]1(C)O.